The number of carbonyl (C=O) groups excluding carboxylic acids is 1. The van der Waals surface area contributed by atoms with Crippen LogP contribution in [-0.4, -0.2) is 52.2 Å². The largest absolute Gasteiger partial charge is 0.381 e. The van der Waals surface area contributed by atoms with Gasteiger partial charge < -0.3 is 14.2 Å². The Balaban J connectivity index is 1.26. The number of hydrogen-bond acceptors (Lipinski definition) is 6. The average Bonchev–Trinajstić information content (AvgIpc) is 3.53. The lowest BCUT2D eigenvalue weighted by Gasteiger charge is -2.23. The van der Waals surface area contributed by atoms with Gasteiger partial charge in [0.05, 0.1) is 17.0 Å². The van der Waals surface area contributed by atoms with E-state index in [1.54, 1.807) is 0 Å². The quantitative estimate of drug-likeness (QED) is 0.622. The number of ether oxygens (including phenoxy) is 1. The number of benzene rings is 1. The normalized spacial score (nSPS) is 21.8. The molecule has 166 valence electrons. The molecule has 4 heterocycles. The van der Waals surface area contributed by atoms with Crippen LogP contribution >= 0.6 is 0 Å². The number of carbonyl (C=O) groups is 1. The minimum absolute atomic E-state index is 0.101. The molecule has 32 heavy (non-hydrogen) atoms. The van der Waals surface area contributed by atoms with Gasteiger partial charge in [-0.05, 0) is 56.6 Å². The van der Waals surface area contributed by atoms with Gasteiger partial charge in [0.25, 0.3) is 5.91 Å². The van der Waals surface area contributed by atoms with Crippen molar-refractivity contribution in [1.82, 2.24) is 20.0 Å². The van der Waals surface area contributed by atoms with Gasteiger partial charge in [0.2, 0.25) is 5.89 Å². The second-order valence-electron chi connectivity index (χ2n) is 9.25. The fourth-order valence-corrected chi connectivity index (χ4v) is 5.46. The molecule has 1 amide bonds. The molecule has 3 aliphatic rings. The summed E-state index contributed by atoms with van der Waals surface area (Å²) in [6, 6.07) is 8.05. The lowest BCUT2D eigenvalue weighted by molar-refractivity contribution is 0.0790. The Labute approximate surface area is 187 Å². The molecule has 1 unspecified atom stereocenters. The van der Waals surface area contributed by atoms with Crippen molar-refractivity contribution in [3.63, 3.8) is 0 Å². The fourth-order valence-electron chi connectivity index (χ4n) is 5.46. The topological polar surface area (TPSA) is 81.4 Å². The molecule has 2 aromatic heterocycles. The number of amides is 1. The molecule has 0 radical (unpaired) electrons. The van der Waals surface area contributed by atoms with Crippen LogP contribution in [0.3, 0.4) is 0 Å². The van der Waals surface area contributed by atoms with E-state index in [1.165, 1.54) is 0 Å². The van der Waals surface area contributed by atoms with Gasteiger partial charge in [-0.2, -0.15) is 4.98 Å². The molecule has 1 atom stereocenters. The molecule has 1 aromatic carbocycles. The first-order chi connectivity index (χ1) is 15.8. The molecule has 0 bridgehead atoms. The minimum Gasteiger partial charge on any atom is -0.381 e. The van der Waals surface area contributed by atoms with Crippen molar-refractivity contribution in [2.24, 2.45) is 0 Å². The van der Waals surface area contributed by atoms with Crippen LogP contribution in [0.2, 0.25) is 0 Å². The highest BCUT2D eigenvalue weighted by atomic mass is 16.5. The molecule has 3 aromatic rings. The SMILES string of the molecule is O=C(c1c2c(nc3ccccc13)CCCC2)N1CCC(c2nc(C3CCOCC3)no2)C1. The summed E-state index contributed by atoms with van der Waals surface area (Å²) in [6.07, 6.45) is 6.89. The lowest BCUT2D eigenvalue weighted by atomic mass is 9.89. The highest BCUT2D eigenvalue weighted by Gasteiger charge is 2.34. The van der Waals surface area contributed by atoms with E-state index in [1.807, 2.05) is 29.2 Å². The van der Waals surface area contributed by atoms with Gasteiger partial charge in [0.1, 0.15) is 0 Å². The molecular weight excluding hydrogens is 404 g/mol. The van der Waals surface area contributed by atoms with Crippen molar-refractivity contribution in [1.29, 1.82) is 0 Å². The van der Waals surface area contributed by atoms with Crippen molar-refractivity contribution >= 4 is 16.8 Å². The van der Waals surface area contributed by atoms with Gasteiger partial charge in [-0.1, -0.05) is 23.4 Å². The number of hydrogen-bond donors (Lipinski definition) is 0. The van der Waals surface area contributed by atoms with Crippen LogP contribution in [0.4, 0.5) is 0 Å². The van der Waals surface area contributed by atoms with Crippen molar-refractivity contribution in [3.05, 3.63) is 52.8 Å². The summed E-state index contributed by atoms with van der Waals surface area (Å²) in [4.78, 5) is 25.4. The number of aromatic nitrogens is 3. The first-order valence-electron chi connectivity index (χ1n) is 11.9. The van der Waals surface area contributed by atoms with Crippen LogP contribution in [0, 0.1) is 0 Å². The summed E-state index contributed by atoms with van der Waals surface area (Å²) < 4.78 is 11.1. The molecule has 2 fully saturated rings. The van der Waals surface area contributed by atoms with Crippen LogP contribution in [0.5, 0.6) is 0 Å². The molecule has 6 rings (SSSR count). The summed E-state index contributed by atoms with van der Waals surface area (Å²) in [5.74, 6) is 2.00. The van der Waals surface area contributed by atoms with E-state index in [2.05, 4.69) is 5.16 Å². The molecular formula is C25H28N4O3. The Bertz CT molecular complexity index is 1150. The van der Waals surface area contributed by atoms with Crippen molar-refractivity contribution < 1.29 is 14.1 Å². The molecule has 2 saturated heterocycles. The molecule has 2 aliphatic heterocycles. The smallest absolute Gasteiger partial charge is 0.254 e. The van der Waals surface area contributed by atoms with E-state index in [0.29, 0.717) is 24.9 Å². The third kappa shape index (κ3) is 3.48. The van der Waals surface area contributed by atoms with Crippen molar-refractivity contribution in [2.75, 3.05) is 26.3 Å². The van der Waals surface area contributed by atoms with E-state index >= 15 is 0 Å². The first kappa shape index (κ1) is 19.9. The number of pyridine rings is 1. The molecule has 7 heteroatoms. The van der Waals surface area contributed by atoms with Gasteiger partial charge >= 0.3 is 0 Å². The van der Waals surface area contributed by atoms with Crippen molar-refractivity contribution in [3.8, 4) is 0 Å². The van der Waals surface area contributed by atoms with Gasteiger partial charge in [0, 0.05) is 43.3 Å². The number of aryl methyl sites for hydroxylation is 1. The zero-order valence-electron chi connectivity index (χ0n) is 18.3. The molecule has 0 saturated carbocycles. The van der Waals surface area contributed by atoms with E-state index in [0.717, 1.165) is 91.7 Å². The number of para-hydroxylation sites is 1. The zero-order valence-corrected chi connectivity index (χ0v) is 18.3. The molecule has 1 aliphatic carbocycles. The third-order valence-corrected chi connectivity index (χ3v) is 7.25. The van der Waals surface area contributed by atoms with E-state index < -0.39 is 0 Å². The second-order valence-corrected chi connectivity index (χ2v) is 9.25. The highest BCUT2D eigenvalue weighted by molar-refractivity contribution is 6.07. The Kier molecular flexibility index (Phi) is 5.14. The predicted molar refractivity (Wildman–Crippen MR) is 119 cm³/mol. The third-order valence-electron chi connectivity index (χ3n) is 7.25. The highest BCUT2D eigenvalue weighted by Crippen LogP contribution is 2.34. The van der Waals surface area contributed by atoms with Gasteiger partial charge in [0.15, 0.2) is 5.82 Å². The average molecular weight is 433 g/mol. The second kappa shape index (κ2) is 8.28. The maximum Gasteiger partial charge on any atom is 0.254 e. The summed E-state index contributed by atoms with van der Waals surface area (Å²) in [5.41, 5.74) is 4.04. The summed E-state index contributed by atoms with van der Waals surface area (Å²) in [7, 11) is 0. The van der Waals surface area contributed by atoms with Crippen LogP contribution in [0.25, 0.3) is 10.9 Å². The first-order valence-corrected chi connectivity index (χ1v) is 11.9. The van der Waals surface area contributed by atoms with Crippen molar-refractivity contribution in [2.45, 2.75) is 56.8 Å². The maximum atomic E-state index is 13.8. The standard InChI is InChI=1S/C25H28N4O3/c30-25(22-18-5-1-3-7-20(18)26-21-8-4-2-6-19(21)22)29-12-9-17(15-29)24-27-23(28-32-24)16-10-13-31-14-11-16/h1,3,5,7,16-17H,2,4,6,8-15H2. The predicted octanol–water partition coefficient (Wildman–Crippen LogP) is 4.02. The summed E-state index contributed by atoms with van der Waals surface area (Å²) in [5, 5.41) is 5.23. The Morgan fingerprint density at radius 2 is 1.84 bits per heavy atom. The number of nitrogens with zero attached hydrogens (tertiary/aromatic N) is 4. The van der Waals surface area contributed by atoms with Gasteiger partial charge in [-0.15, -0.1) is 0 Å². The monoisotopic (exact) mass is 432 g/mol. The summed E-state index contributed by atoms with van der Waals surface area (Å²) in [6.45, 7) is 2.85. The van der Waals surface area contributed by atoms with Gasteiger partial charge in [-0.25, -0.2) is 0 Å². The number of rotatable bonds is 3. The van der Waals surface area contributed by atoms with Crippen LogP contribution in [0.15, 0.2) is 28.8 Å². The fraction of sp³-hybridized carbons (Fsp3) is 0.520. The Morgan fingerprint density at radius 1 is 1.00 bits per heavy atom. The maximum absolute atomic E-state index is 13.8. The minimum atomic E-state index is 0.101. The Hall–Kier alpha value is -2.80. The molecule has 7 nitrogen and oxygen atoms in total. The van der Waals surface area contributed by atoms with Crippen LogP contribution in [-0.2, 0) is 17.6 Å². The number of fused-ring (bicyclic) bond motifs is 2. The molecule has 0 N–H and O–H groups in total. The zero-order chi connectivity index (χ0) is 21.5. The van der Waals surface area contributed by atoms with Gasteiger partial charge in [-0.3, -0.25) is 9.78 Å². The molecule has 0 spiro atoms. The van der Waals surface area contributed by atoms with Crippen LogP contribution in [0.1, 0.15) is 77.3 Å². The lowest BCUT2D eigenvalue weighted by Crippen LogP contribution is -2.30. The van der Waals surface area contributed by atoms with E-state index in [9.17, 15) is 4.79 Å². The number of likely N-dealkylation sites (tertiary alicyclic amines) is 1. The Morgan fingerprint density at radius 3 is 2.75 bits per heavy atom. The van der Waals surface area contributed by atoms with E-state index in [-0.39, 0.29) is 11.8 Å². The van der Waals surface area contributed by atoms with Crippen LogP contribution < -0.4 is 0 Å². The summed E-state index contributed by atoms with van der Waals surface area (Å²) >= 11 is 0. The van der Waals surface area contributed by atoms with E-state index in [4.69, 9.17) is 19.2 Å².